The van der Waals surface area contributed by atoms with Gasteiger partial charge in [0.1, 0.15) is 23.0 Å². The third kappa shape index (κ3) is 3.69. The predicted molar refractivity (Wildman–Crippen MR) is 109 cm³/mol. The first kappa shape index (κ1) is 17.7. The average Bonchev–Trinajstić information content (AvgIpc) is 3.04. The molecule has 4 nitrogen and oxygen atoms in total. The number of hydrogen-bond donors (Lipinski definition) is 1. The Morgan fingerprint density at radius 2 is 1.89 bits per heavy atom. The minimum absolute atomic E-state index is 0.288. The molecule has 0 fully saturated rings. The Hall–Kier alpha value is -3.73. The summed E-state index contributed by atoms with van der Waals surface area (Å²) in [6.07, 6.45) is 5.06. The number of nitrogens with zero attached hydrogens (tertiary/aromatic N) is 2. The number of halogens is 1. The van der Waals surface area contributed by atoms with E-state index in [1.807, 2.05) is 55.6 Å². The Morgan fingerprint density at radius 3 is 2.68 bits per heavy atom. The minimum atomic E-state index is -0.355. The molecule has 1 amide bonds. The highest BCUT2D eigenvalue weighted by Crippen LogP contribution is 2.29. The zero-order valence-corrected chi connectivity index (χ0v) is 15.3. The Labute approximate surface area is 162 Å². The number of carbonyl (C=O) groups is 1. The first-order chi connectivity index (χ1) is 13.6. The largest absolute Gasteiger partial charge is 0.306 e. The molecule has 0 aliphatic heterocycles. The van der Waals surface area contributed by atoms with E-state index in [1.165, 1.54) is 18.2 Å². The van der Waals surface area contributed by atoms with Crippen LogP contribution in [-0.4, -0.2) is 15.3 Å². The second-order valence-electron chi connectivity index (χ2n) is 6.48. The first-order valence-corrected chi connectivity index (χ1v) is 8.89. The molecule has 2 aromatic carbocycles. The van der Waals surface area contributed by atoms with E-state index in [4.69, 9.17) is 0 Å². The van der Waals surface area contributed by atoms with Gasteiger partial charge in [-0.1, -0.05) is 42.5 Å². The van der Waals surface area contributed by atoms with Gasteiger partial charge in [0.15, 0.2) is 0 Å². The first-order valence-electron chi connectivity index (χ1n) is 8.89. The van der Waals surface area contributed by atoms with Crippen molar-refractivity contribution in [3.63, 3.8) is 0 Å². The van der Waals surface area contributed by atoms with Crippen molar-refractivity contribution in [2.24, 2.45) is 0 Å². The van der Waals surface area contributed by atoms with Crippen molar-refractivity contribution in [1.82, 2.24) is 9.38 Å². The van der Waals surface area contributed by atoms with Crippen LogP contribution in [0, 0.1) is 12.7 Å². The lowest BCUT2D eigenvalue weighted by molar-refractivity contribution is -0.111. The van der Waals surface area contributed by atoms with Crippen LogP contribution in [0.4, 0.5) is 10.2 Å². The van der Waals surface area contributed by atoms with E-state index in [1.54, 1.807) is 22.6 Å². The van der Waals surface area contributed by atoms with E-state index in [2.05, 4.69) is 10.3 Å². The van der Waals surface area contributed by atoms with Crippen LogP contribution in [0.5, 0.6) is 0 Å². The molecule has 5 heteroatoms. The normalized spacial score (nSPS) is 11.2. The number of aryl methyl sites for hydroxylation is 1. The Morgan fingerprint density at radius 1 is 1.07 bits per heavy atom. The van der Waals surface area contributed by atoms with Crippen molar-refractivity contribution in [3.8, 4) is 11.3 Å². The highest BCUT2D eigenvalue weighted by Gasteiger charge is 2.16. The maximum atomic E-state index is 13.7. The number of amides is 1. The van der Waals surface area contributed by atoms with Crippen molar-refractivity contribution in [2.45, 2.75) is 6.92 Å². The van der Waals surface area contributed by atoms with E-state index in [9.17, 15) is 9.18 Å². The van der Waals surface area contributed by atoms with E-state index in [-0.39, 0.29) is 11.7 Å². The number of benzene rings is 2. The van der Waals surface area contributed by atoms with Gasteiger partial charge in [-0.2, -0.15) is 0 Å². The van der Waals surface area contributed by atoms with Crippen molar-refractivity contribution < 1.29 is 9.18 Å². The summed E-state index contributed by atoms with van der Waals surface area (Å²) in [4.78, 5) is 17.1. The molecule has 2 aromatic heterocycles. The fourth-order valence-electron chi connectivity index (χ4n) is 3.00. The third-order valence-corrected chi connectivity index (χ3v) is 4.35. The summed E-state index contributed by atoms with van der Waals surface area (Å²) in [7, 11) is 0. The summed E-state index contributed by atoms with van der Waals surface area (Å²) < 4.78 is 15.5. The van der Waals surface area contributed by atoms with Crippen LogP contribution in [-0.2, 0) is 4.79 Å². The van der Waals surface area contributed by atoms with Gasteiger partial charge in [0.25, 0.3) is 0 Å². The van der Waals surface area contributed by atoms with E-state index in [0.29, 0.717) is 22.7 Å². The number of nitrogens with one attached hydrogen (secondary N) is 1. The van der Waals surface area contributed by atoms with Crippen molar-refractivity contribution >= 4 is 23.4 Å². The molecule has 2 heterocycles. The molecule has 4 rings (SSSR count). The zero-order chi connectivity index (χ0) is 19.5. The van der Waals surface area contributed by atoms with Gasteiger partial charge >= 0.3 is 0 Å². The standard InChI is InChI=1S/C23H18FN3O/c1-16-12-13-27-20(14-16)25-22(18-8-5-9-19(24)15-18)23(27)26-21(28)11-10-17-6-3-2-4-7-17/h2-15H,1H3,(H,26,28)/b11-10+. The molecule has 0 aliphatic carbocycles. The lowest BCUT2D eigenvalue weighted by Gasteiger charge is -2.06. The second kappa shape index (κ2) is 7.48. The maximum Gasteiger partial charge on any atom is 0.249 e. The molecule has 0 bridgehead atoms. The molecule has 0 radical (unpaired) electrons. The van der Waals surface area contributed by atoms with E-state index < -0.39 is 0 Å². The van der Waals surface area contributed by atoms with Gasteiger partial charge in [0, 0.05) is 17.8 Å². The molecular weight excluding hydrogens is 353 g/mol. The molecular formula is C23H18FN3O. The Balaban J connectivity index is 1.73. The van der Waals surface area contributed by atoms with Gasteiger partial charge in [-0.05, 0) is 48.4 Å². The highest BCUT2D eigenvalue weighted by molar-refractivity contribution is 6.03. The summed E-state index contributed by atoms with van der Waals surface area (Å²) in [6.45, 7) is 1.97. The monoisotopic (exact) mass is 371 g/mol. The van der Waals surface area contributed by atoms with Crippen molar-refractivity contribution in [2.75, 3.05) is 5.32 Å². The number of pyridine rings is 1. The molecule has 0 atom stereocenters. The van der Waals surface area contributed by atoms with Gasteiger partial charge in [0.05, 0.1) is 0 Å². The van der Waals surface area contributed by atoms with E-state index in [0.717, 1.165) is 11.1 Å². The zero-order valence-electron chi connectivity index (χ0n) is 15.3. The molecule has 4 aromatic rings. The molecule has 0 unspecified atom stereocenters. The fourth-order valence-corrected chi connectivity index (χ4v) is 3.00. The highest BCUT2D eigenvalue weighted by atomic mass is 19.1. The van der Waals surface area contributed by atoms with Crippen LogP contribution < -0.4 is 5.32 Å². The summed E-state index contributed by atoms with van der Waals surface area (Å²) in [5, 5.41) is 2.89. The second-order valence-corrected chi connectivity index (χ2v) is 6.48. The lowest BCUT2D eigenvalue weighted by Crippen LogP contribution is -2.10. The van der Waals surface area contributed by atoms with Crippen LogP contribution in [0.3, 0.4) is 0 Å². The number of hydrogen-bond acceptors (Lipinski definition) is 2. The van der Waals surface area contributed by atoms with Gasteiger partial charge in [-0.25, -0.2) is 9.37 Å². The molecule has 28 heavy (non-hydrogen) atoms. The summed E-state index contributed by atoms with van der Waals surface area (Å²) in [6, 6.07) is 19.6. The van der Waals surface area contributed by atoms with E-state index >= 15 is 0 Å². The fraction of sp³-hybridized carbons (Fsp3) is 0.0435. The van der Waals surface area contributed by atoms with Crippen LogP contribution in [0.15, 0.2) is 79.0 Å². The summed E-state index contributed by atoms with van der Waals surface area (Å²) in [5.74, 6) is -0.140. The predicted octanol–water partition coefficient (Wildman–Crippen LogP) is 5.10. The van der Waals surface area contributed by atoms with Crippen molar-refractivity contribution in [1.29, 1.82) is 0 Å². The van der Waals surface area contributed by atoms with Crippen molar-refractivity contribution in [3.05, 3.63) is 95.9 Å². The maximum absolute atomic E-state index is 13.7. The number of aromatic nitrogens is 2. The van der Waals surface area contributed by atoms with Crippen LogP contribution >= 0.6 is 0 Å². The average molecular weight is 371 g/mol. The van der Waals surface area contributed by atoms with Gasteiger partial charge in [-0.3, -0.25) is 9.20 Å². The lowest BCUT2D eigenvalue weighted by atomic mass is 10.1. The molecule has 0 saturated heterocycles. The van der Waals surface area contributed by atoms with Gasteiger partial charge < -0.3 is 5.32 Å². The quantitative estimate of drug-likeness (QED) is 0.507. The summed E-state index contributed by atoms with van der Waals surface area (Å²) >= 11 is 0. The van der Waals surface area contributed by atoms with Crippen LogP contribution in [0.25, 0.3) is 23.0 Å². The number of imidazole rings is 1. The van der Waals surface area contributed by atoms with Gasteiger partial charge in [-0.15, -0.1) is 0 Å². The molecule has 0 aliphatic rings. The van der Waals surface area contributed by atoms with Crippen LogP contribution in [0.1, 0.15) is 11.1 Å². The number of anilines is 1. The number of carbonyl (C=O) groups excluding carboxylic acids is 1. The van der Waals surface area contributed by atoms with Crippen LogP contribution in [0.2, 0.25) is 0 Å². The number of fused-ring (bicyclic) bond motifs is 1. The molecule has 1 N–H and O–H groups in total. The number of rotatable bonds is 4. The third-order valence-electron chi connectivity index (χ3n) is 4.35. The smallest absolute Gasteiger partial charge is 0.249 e. The topological polar surface area (TPSA) is 46.4 Å². The summed E-state index contributed by atoms with van der Waals surface area (Å²) in [5.41, 5.74) is 3.78. The SMILES string of the molecule is Cc1ccn2c(NC(=O)/C=C/c3ccccc3)c(-c3cccc(F)c3)nc2c1. The minimum Gasteiger partial charge on any atom is -0.306 e. The Bertz CT molecular complexity index is 1180. The van der Waals surface area contributed by atoms with Gasteiger partial charge in [0.2, 0.25) is 5.91 Å². The molecule has 0 saturated carbocycles. The molecule has 138 valence electrons. The Kier molecular flexibility index (Phi) is 4.72. The molecule has 0 spiro atoms.